The molecular formula is C12H13N3S3. The van der Waals surface area contributed by atoms with Gasteiger partial charge in [-0.1, -0.05) is 18.3 Å². The van der Waals surface area contributed by atoms with Gasteiger partial charge in [-0.2, -0.15) is 0 Å². The number of aromatic nitrogens is 2. The summed E-state index contributed by atoms with van der Waals surface area (Å²) in [6.45, 7) is 4.02. The van der Waals surface area contributed by atoms with Crippen LogP contribution in [0.25, 0.3) is 19.3 Å². The van der Waals surface area contributed by atoms with Gasteiger partial charge in [0.1, 0.15) is 5.01 Å². The molecule has 0 spiro atoms. The summed E-state index contributed by atoms with van der Waals surface area (Å²) in [5, 5.41) is 16.1. The molecule has 0 amide bonds. The van der Waals surface area contributed by atoms with E-state index in [0.717, 1.165) is 29.5 Å². The first-order valence-electron chi connectivity index (χ1n) is 5.87. The van der Waals surface area contributed by atoms with E-state index in [-0.39, 0.29) is 0 Å². The van der Waals surface area contributed by atoms with Crippen molar-refractivity contribution in [3.05, 3.63) is 22.5 Å². The first-order chi connectivity index (χ1) is 8.86. The molecule has 0 aliphatic heterocycles. The lowest BCUT2D eigenvalue weighted by atomic mass is 10.4. The first kappa shape index (κ1) is 12.2. The van der Waals surface area contributed by atoms with Crippen molar-refractivity contribution >= 4 is 43.4 Å². The van der Waals surface area contributed by atoms with Crippen LogP contribution in [0.5, 0.6) is 0 Å². The lowest BCUT2D eigenvalue weighted by Gasteiger charge is -1.96. The van der Waals surface area contributed by atoms with Crippen LogP contribution in [0.3, 0.4) is 0 Å². The van der Waals surface area contributed by atoms with Gasteiger partial charge in [-0.15, -0.1) is 32.9 Å². The SMILES string of the molecule is CCCNCc1nnc(-c2cc3sccc3s2)s1. The molecule has 1 N–H and O–H groups in total. The van der Waals surface area contributed by atoms with Crippen molar-refractivity contribution in [2.24, 2.45) is 0 Å². The molecule has 0 aliphatic carbocycles. The van der Waals surface area contributed by atoms with Crippen LogP contribution in [0.15, 0.2) is 17.5 Å². The van der Waals surface area contributed by atoms with Crippen molar-refractivity contribution < 1.29 is 0 Å². The summed E-state index contributed by atoms with van der Waals surface area (Å²) in [6, 6.07) is 4.38. The van der Waals surface area contributed by atoms with Crippen LogP contribution in [-0.2, 0) is 6.54 Å². The van der Waals surface area contributed by atoms with Crippen LogP contribution < -0.4 is 5.32 Å². The largest absolute Gasteiger partial charge is 0.310 e. The first-order valence-corrected chi connectivity index (χ1v) is 8.38. The number of nitrogens with zero attached hydrogens (tertiary/aromatic N) is 2. The summed E-state index contributed by atoms with van der Waals surface area (Å²) in [4.78, 5) is 1.23. The lowest BCUT2D eigenvalue weighted by Crippen LogP contribution is -2.13. The van der Waals surface area contributed by atoms with Crippen molar-refractivity contribution in [2.45, 2.75) is 19.9 Å². The number of rotatable bonds is 5. The van der Waals surface area contributed by atoms with Crippen molar-refractivity contribution in [1.82, 2.24) is 15.5 Å². The molecule has 3 aromatic heterocycles. The fourth-order valence-electron chi connectivity index (χ4n) is 1.67. The Kier molecular flexibility index (Phi) is 3.69. The molecule has 3 aromatic rings. The number of thiophene rings is 2. The van der Waals surface area contributed by atoms with E-state index in [9.17, 15) is 0 Å². The van der Waals surface area contributed by atoms with E-state index in [4.69, 9.17) is 0 Å². The minimum Gasteiger partial charge on any atom is -0.310 e. The van der Waals surface area contributed by atoms with E-state index in [1.54, 1.807) is 34.0 Å². The highest BCUT2D eigenvalue weighted by molar-refractivity contribution is 7.30. The number of hydrogen-bond acceptors (Lipinski definition) is 6. The van der Waals surface area contributed by atoms with Gasteiger partial charge in [-0.3, -0.25) is 0 Å². The van der Waals surface area contributed by atoms with Gasteiger partial charge in [0.25, 0.3) is 0 Å². The van der Waals surface area contributed by atoms with Crippen LogP contribution in [0.4, 0.5) is 0 Å². The van der Waals surface area contributed by atoms with Crippen LogP contribution in [0.1, 0.15) is 18.4 Å². The van der Waals surface area contributed by atoms with Gasteiger partial charge in [-0.25, -0.2) is 0 Å². The average Bonchev–Trinajstić information content (AvgIpc) is 3.02. The Labute approximate surface area is 118 Å². The second kappa shape index (κ2) is 5.44. The molecule has 3 nitrogen and oxygen atoms in total. The summed E-state index contributed by atoms with van der Waals surface area (Å²) in [7, 11) is 0. The fourth-order valence-corrected chi connectivity index (χ4v) is 4.63. The highest BCUT2D eigenvalue weighted by atomic mass is 32.1. The maximum absolute atomic E-state index is 4.28. The van der Waals surface area contributed by atoms with Gasteiger partial charge in [0.2, 0.25) is 0 Å². The van der Waals surface area contributed by atoms with E-state index in [1.807, 2.05) is 0 Å². The zero-order valence-electron chi connectivity index (χ0n) is 9.97. The second-order valence-electron chi connectivity index (χ2n) is 3.94. The van der Waals surface area contributed by atoms with Crippen LogP contribution in [-0.4, -0.2) is 16.7 Å². The lowest BCUT2D eigenvalue weighted by molar-refractivity contribution is 0.668. The maximum Gasteiger partial charge on any atom is 0.157 e. The molecule has 6 heteroatoms. The third-order valence-electron chi connectivity index (χ3n) is 2.52. The zero-order chi connectivity index (χ0) is 12.4. The summed E-state index contributed by atoms with van der Waals surface area (Å²) in [6.07, 6.45) is 1.15. The molecule has 3 heterocycles. The van der Waals surface area contributed by atoms with Gasteiger partial charge in [-0.05, 0) is 30.5 Å². The Morgan fingerprint density at radius 3 is 3.00 bits per heavy atom. The minimum absolute atomic E-state index is 0.825. The molecule has 0 atom stereocenters. The Bertz CT molecular complexity index is 609. The molecule has 0 saturated carbocycles. The molecule has 0 saturated heterocycles. The highest BCUT2D eigenvalue weighted by Crippen LogP contribution is 2.37. The molecule has 0 aliphatic rings. The summed E-state index contributed by atoms with van der Waals surface area (Å²) in [5.74, 6) is 0. The summed E-state index contributed by atoms with van der Waals surface area (Å²) >= 11 is 5.26. The highest BCUT2D eigenvalue weighted by Gasteiger charge is 2.10. The van der Waals surface area contributed by atoms with Crippen molar-refractivity contribution in [2.75, 3.05) is 6.54 Å². The molecule has 0 aromatic carbocycles. The Hall–Kier alpha value is -0.820. The van der Waals surface area contributed by atoms with Gasteiger partial charge in [0.05, 0.1) is 4.88 Å². The molecule has 18 heavy (non-hydrogen) atoms. The smallest absolute Gasteiger partial charge is 0.157 e. The molecule has 94 valence electrons. The fraction of sp³-hybridized carbons (Fsp3) is 0.333. The molecule has 3 rings (SSSR count). The summed E-state index contributed by atoms with van der Waals surface area (Å²) in [5.41, 5.74) is 0. The van der Waals surface area contributed by atoms with E-state index in [1.165, 1.54) is 14.3 Å². The minimum atomic E-state index is 0.825. The molecular weight excluding hydrogens is 282 g/mol. The van der Waals surface area contributed by atoms with E-state index in [2.05, 4.69) is 40.0 Å². The summed E-state index contributed by atoms with van der Waals surface area (Å²) < 4.78 is 2.69. The standard InChI is InChI=1S/C12H13N3S3/c1-2-4-13-7-11-14-15-12(18-11)10-6-9-8(17-10)3-5-16-9/h3,5-6,13H,2,4,7H2,1H3. The normalized spacial score (nSPS) is 11.4. The molecule has 0 unspecified atom stereocenters. The van der Waals surface area contributed by atoms with Crippen molar-refractivity contribution in [3.63, 3.8) is 0 Å². The van der Waals surface area contributed by atoms with Crippen LogP contribution >= 0.6 is 34.0 Å². The van der Waals surface area contributed by atoms with Gasteiger partial charge < -0.3 is 5.32 Å². The molecule has 0 bridgehead atoms. The zero-order valence-corrected chi connectivity index (χ0v) is 12.4. The Balaban J connectivity index is 1.78. The van der Waals surface area contributed by atoms with E-state index < -0.39 is 0 Å². The molecule has 0 fully saturated rings. The topological polar surface area (TPSA) is 37.8 Å². The predicted molar refractivity (Wildman–Crippen MR) is 80.6 cm³/mol. The van der Waals surface area contributed by atoms with Gasteiger partial charge in [0.15, 0.2) is 5.01 Å². The second-order valence-corrected chi connectivity index (χ2v) is 7.03. The van der Waals surface area contributed by atoms with Crippen molar-refractivity contribution in [1.29, 1.82) is 0 Å². The maximum atomic E-state index is 4.28. The third kappa shape index (κ3) is 2.47. The Morgan fingerprint density at radius 2 is 2.17 bits per heavy atom. The van der Waals surface area contributed by atoms with Gasteiger partial charge >= 0.3 is 0 Å². The van der Waals surface area contributed by atoms with Crippen LogP contribution in [0.2, 0.25) is 0 Å². The quantitative estimate of drug-likeness (QED) is 0.723. The monoisotopic (exact) mass is 295 g/mol. The van der Waals surface area contributed by atoms with Gasteiger partial charge in [0, 0.05) is 15.9 Å². The number of nitrogens with one attached hydrogen (secondary N) is 1. The predicted octanol–water partition coefficient (Wildman–Crippen LogP) is 3.98. The molecule has 0 radical (unpaired) electrons. The third-order valence-corrected chi connectivity index (χ3v) is 5.71. The van der Waals surface area contributed by atoms with E-state index in [0.29, 0.717) is 0 Å². The van der Waals surface area contributed by atoms with Crippen LogP contribution in [0, 0.1) is 0 Å². The number of fused-ring (bicyclic) bond motifs is 1. The average molecular weight is 295 g/mol. The van der Waals surface area contributed by atoms with E-state index >= 15 is 0 Å². The number of hydrogen-bond donors (Lipinski definition) is 1. The van der Waals surface area contributed by atoms with Crippen molar-refractivity contribution in [3.8, 4) is 9.88 Å². The Morgan fingerprint density at radius 1 is 1.22 bits per heavy atom.